The minimum atomic E-state index is -0.206. The first-order chi connectivity index (χ1) is 8.69. The second-order valence-electron chi connectivity index (χ2n) is 4.01. The highest BCUT2D eigenvalue weighted by Gasteiger charge is 2.11. The van der Waals surface area contributed by atoms with Crippen LogP contribution in [-0.4, -0.2) is 11.3 Å². The molecule has 0 aliphatic carbocycles. The summed E-state index contributed by atoms with van der Waals surface area (Å²) in [5.41, 5.74) is 1.88. The van der Waals surface area contributed by atoms with E-state index in [0.717, 1.165) is 17.4 Å². The van der Waals surface area contributed by atoms with E-state index in [1.807, 2.05) is 18.2 Å². The summed E-state index contributed by atoms with van der Waals surface area (Å²) in [4.78, 5) is 15.2. The van der Waals surface area contributed by atoms with E-state index >= 15 is 0 Å². The first kappa shape index (κ1) is 13.1. The maximum atomic E-state index is 11.2. The average Bonchev–Trinajstić information content (AvgIpc) is 2.37. The number of nitrogens with zero attached hydrogens (tertiary/aromatic N) is 1. The second kappa shape index (κ2) is 5.98. The van der Waals surface area contributed by atoms with Gasteiger partial charge in [0.05, 0.1) is 5.02 Å². The number of carbonyl (C=O) groups excluding carboxylic acids is 1. The number of carbonyl (C=O) groups is 1. The van der Waals surface area contributed by atoms with Gasteiger partial charge in [-0.15, -0.1) is 0 Å². The summed E-state index contributed by atoms with van der Waals surface area (Å²) in [7, 11) is 0. The molecule has 0 saturated heterocycles. The van der Waals surface area contributed by atoms with Gasteiger partial charge in [-0.3, -0.25) is 4.98 Å². The van der Waals surface area contributed by atoms with E-state index in [0.29, 0.717) is 16.5 Å². The molecule has 0 fully saturated rings. The Hall–Kier alpha value is -1.38. The molecular formula is C14H11Cl2NO. The van der Waals surface area contributed by atoms with Gasteiger partial charge in [0.2, 0.25) is 0 Å². The van der Waals surface area contributed by atoms with E-state index < -0.39 is 0 Å². The van der Waals surface area contributed by atoms with Crippen LogP contribution in [0.1, 0.15) is 17.0 Å². The number of hydrogen-bond acceptors (Lipinski definition) is 2. The van der Waals surface area contributed by atoms with Gasteiger partial charge in [0.15, 0.2) is 0 Å². The fraction of sp³-hybridized carbons (Fsp3) is 0.143. The summed E-state index contributed by atoms with van der Waals surface area (Å²) >= 11 is 11.7. The molecule has 2 aromatic rings. The summed E-state index contributed by atoms with van der Waals surface area (Å²) in [6, 6.07) is 9.10. The largest absolute Gasteiger partial charge is 0.303 e. The van der Waals surface area contributed by atoms with Crippen LogP contribution in [0.5, 0.6) is 0 Å². The fourth-order valence-electron chi connectivity index (χ4n) is 1.78. The van der Waals surface area contributed by atoms with Gasteiger partial charge in [-0.2, -0.15) is 0 Å². The predicted octanol–water partition coefficient (Wildman–Crippen LogP) is 3.91. The lowest BCUT2D eigenvalue weighted by molar-refractivity contribution is -0.109. The molecule has 0 amide bonds. The molecule has 0 aliphatic rings. The van der Waals surface area contributed by atoms with E-state index in [-0.39, 0.29) is 5.92 Å². The second-order valence-corrected chi connectivity index (χ2v) is 4.88. The Morgan fingerprint density at radius 2 is 1.83 bits per heavy atom. The summed E-state index contributed by atoms with van der Waals surface area (Å²) in [6.45, 7) is 0. The molecule has 0 N–H and O–H groups in total. The zero-order valence-electron chi connectivity index (χ0n) is 9.51. The molecule has 0 bridgehead atoms. The Bertz CT molecular complexity index is 540. The number of aldehydes is 1. The van der Waals surface area contributed by atoms with Crippen molar-refractivity contribution in [1.82, 2.24) is 4.98 Å². The lowest BCUT2D eigenvalue weighted by atomic mass is 9.94. The van der Waals surface area contributed by atoms with Gasteiger partial charge in [0.1, 0.15) is 6.29 Å². The third kappa shape index (κ3) is 3.31. The number of benzene rings is 1. The Morgan fingerprint density at radius 1 is 1.11 bits per heavy atom. The van der Waals surface area contributed by atoms with Gasteiger partial charge < -0.3 is 4.79 Å². The minimum Gasteiger partial charge on any atom is -0.303 e. The predicted molar refractivity (Wildman–Crippen MR) is 73.2 cm³/mol. The highest BCUT2D eigenvalue weighted by atomic mass is 35.5. The van der Waals surface area contributed by atoms with Gasteiger partial charge in [-0.1, -0.05) is 35.3 Å². The SMILES string of the molecule is O=CC(Cc1cncc(Cl)c1)c1ccc(Cl)cc1. The lowest BCUT2D eigenvalue weighted by Crippen LogP contribution is -2.04. The summed E-state index contributed by atoms with van der Waals surface area (Å²) in [5.74, 6) is -0.206. The van der Waals surface area contributed by atoms with Crippen LogP contribution in [0.4, 0.5) is 0 Å². The zero-order chi connectivity index (χ0) is 13.0. The fourth-order valence-corrected chi connectivity index (χ4v) is 2.10. The normalized spacial score (nSPS) is 12.1. The van der Waals surface area contributed by atoms with Gasteiger partial charge >= 0.3 is 0 Å². The van der Waals surface area contributed by atoms with Crippen molar-refractivity contribution in [3.63, 3.8) is 0 Å². The Labute approximate surface area is 116 Å². The Morgan fingerprint density at radius 3 is 2.44 bits per heavy atom. The van der Waals surface area contributed by atoms with Crippen LogP contribution in [0.25, 0.3) is 0 Å². The summed E-state index contributed by atoms with van der Waals surface area (Å²) < 4.78 is 0. The lowest BCUT2D eigenvalue weighted by Gasteiger charge is -2.10. The number of halogens is 2. The van der Waals surface area contributed by atoms with E-state index in [1.165, 1.54) is 0 Å². The van der Waals surface area contributed by atoms with Crippen LogP contribution in [0.2, 0.25) is 10.0 Å². The molecule has 2 nitrogen and oxygen atoms in total. The van der Waals surface area contributed by atoms with E-state index in [2.05, 4.69) is 4.98 Å². The van der Waals surface area contributed by atoms with Crippen LogP contribution in [0.15, 0.2) is 42.7 Å². The van der Waals surface area contributed by atoms with Crippen molar-refractivity contribution >= 4 is 29.5 Å². The molecule has 1 heterocycles. The smallest absolute Gasteiger partial charge is 0.127 e. The van der Waals surface area contributed by atoms with Crippen LogP contribution in [0.3, 0.4) is 0 Å². The molecule has 0 aliphatic heterocycles. The molecule has 0 saturated carbocycles. The van der Waals surface area contributed by atoms with Crippen molar-refractivity contribution in [1.29, 1.82) is 0 Å². The van der Waals surface area contributed by atoms with Gasteiger partial charge in [0.25, 0.3) is 0 Å². The van der Waals surface area contributed by atoms with E-state index in [1.54, 1.807) is 24.5 Å². The monoisotopic (exact) mass is 279 g/mol. The number of hydrogen-bond donors (Lipinski definition) is 0. The summed E-state index contributed by atoms with van der Waals surface area (Å²) in [6.07, 6.45) is 4.81. The quantitative estimate of drug-likeness (QED) is 0.795. The molecule has 2 rings (SSSR count). The number of aromatic nitrogens is 1. The number of rotatable bonds is 4. The topological polar surface area (TPSA) is 30.0 Å². The van der Waals surface area contributed by atoms with Crippen LogP contribution in [0, 0.1) is 0 Å². The first-order valence-electron chi connectivity index (χ1n) is 5.49. The highest BCUT2D eigenvalue weighted by Crippen LogP contribution is 2.21. The molecule has 18 heavy (non-hydrogen) atoms. The molecule has 4 heteroatoms. The zero-order valence-corrected chi connectivity index (χ0v) is 11.0. The standard InChI is InChI=1S/C14H11Cl2NO/c15-13-3-1-11(2-4-13)12(9-18)5-10-6-14(16)8-17-7-10/h1-4,6-9,12H,5H2. The van der Waals surface area contributed by atoms with Crippen molar-refractivity contribution in [2.75, 3.05) is 0 Å². The van der Waals surface area contributed by atoms with Gasteiger partial charge in [-0.05, 0) is 35.7 Å². The van der Waals surface area contributed by atoms with Crippen molar-refractivity contribution in [3.8, 4) is 0 Å². The van der Waals surface area contributed by atoms with Crippen LogP contribution in [-0.2, 0) is 11.2 Å². The highest BCUT2D eigenvalue weighted by molar-refractivity contribution is 6.30. The minimum absolute atomic E-state index is 0.206. The Balaban J connectivity index is 2.19. The maximum Gasteiger partial charge on any atom is 0.127 e. The van der Waals surface area contributed by atoms with E-state index in [4.69, 9.17) is 23.2 Å². The average molecular weight is 280 g/mol. The molecular weight excluding hydrogens is 269 g/mol. The van der Waals surface area contributed by atoms with Crippen LogP contribution >= 0.6 is 23.2 Å². The van der Waals surface area contributed by atoms with Crippen molar-refractivity contribution < 1.29 is 4.79 Å². The number of pyridine rings is 1. The maximum absolute atomic E-state index is 11.2. The molecule has 92 valence electrons. The van der Waals surface area contributed by atoms with Gasteiger partial charge in [0, 0.05) is 23.3 Å². The third-order valence-electron chi connectivity index (χ3n) is 2.68. The summed E-state index contributed by atoms with van der Waals surface area (Å²) in [5, 5.41) is 1.24. The van der Waals surface area contributed by atoms with Crippen LogP contribution < -0.4 is 0 Å². The molecule has 1 aromatic heterocycles. The molecule has 1 aromatic carbocycles. The van der Waals surface area contributed by atoms with Crippen molar-refractivity contribution in [3.05, 3.63) is 63.9 Å². The van der Waals surface area contributed by atoms with Crippen molar-refractivity contribution in [2.24, 2.45) is 0 Å². The molecule has 0 spiro atoms. The molecule has 1 atom stereocenters. The molecule has 1 unspecified atom stereocenters. The first-order valence-corrected chi connectivity index (χ1v) is 6.25. The van der Waals surface area contributed by atoms with Crippen molar-refractivity contribution in [2.45, 2.75) is 12.3 Å². The van der Waals surface area contributed by atoms with Gasteiger partial charge in [-0.25, -0.2) is 0 Å². The molecule has 0 radical (unpaired) electrons. The Kier molecular flexibility index (Phi) is 4.34. The van der Waals surface area contributed by atoms with E-state index in [9.17, 15) is 4.79 Å². The third-order valence-corrected chi connectivity index (χ3v) is 3.14.